The quantitative estimate of drug-likeness (QED) is 0.228. The van der Waals surface area contributed by atoms with E-state index in [2.05, 4.69) is 157 Å². The molecule has 13 heteroatoms. The Labute approximate surface area is 261 Å². The van der Waals surface area contributed by atoms with Gasteiger partial charge in [-0.3, -0.25) is 0 Å². The van der Waals surface area contributed by atoms with Crippen molar-refractivity contribution < 1.29 is 21.7 Å². The van der Waals surface area contributed by atoms with E-state index >= 15 is 0 Å². The van der Waals surface area contributed by atoms with Crippen molar-refractivity contribution in [1.82, 2.24) is 0 Å². The molecule has 0 aromatic heterocycles. The van der Waals surface area contributed by atoms with E-state index in [1.54, 1.807) is 0 Å². The van der Waals surface area contributed by atoms with Crippen LogP contribution in [0, 0.1) is 0 Å². The fraction of sp³-hybridized carbons (Fsp3) is 1.00. The van der Waals surface area contributed by atoms with Crippen LogP contribution in [-0.2, 0) is 21.7 Å². The molecule has 0 rings (SSSR count). The van der Waals surface area contributed by atoms with Gasteiger partial charge in [0.1, 0.15) is 0 Å². The molecule has 0 radical (unpaired) electrons. The van der Waals surface area contributed by atoms with E-state index in [1.807, 2.05) is 0 Å². The van der Waals surface area contributed by atoms with Crippen LogP contribution in [0.2, 0.25) is 157 Å². The number of nitrogens with zero attached hydrogens (tertiary/aromatic N) is 4. The maximum absolute atomic E-state index is 4.82. The van der Waals surface area contributed by atoms with Crippen LogP contribution < -0.4 is 0 Å². The van der Waals surface area contributed by atoms with Crippen molar-refractivity contribution in [3.05, 3.63) is 18.6 Å². The van der Waals surface area contributed by atoms with Crippen LogP contribution >= 0.6 is 0 Å². The summed E-state index contributed by atoms with van der Waals surface area (Å²) < 4.78 is 19.3. The predicted octanol–water partition coefficient (Wildman–Crippen LogP) is 12.1. The van der Waals surface area contributed by atoms with Gasteiger partial charge in [0.25, 0.3) is 0 Å². The Morgan fingerprint density at radius 1 is 0.189 bits per heavy atom. The third-order valence-corrected chi connectivity index (χ3v) is 24.1. The van der Waals surface area contributed by atoms with Crippen LogP contribution in [0.25, 0.3) is 18.6 Å². The van der Waals surface area contributed by atoms with Crippen molar-refractivity contribution >= 4 is 65.9 Å². The summed E-state index contributed by atoms with van der Waals surface area (Å²) in [6, 6.07) is 0. The van der Waals surface area contributed by atoms with E-state index in [-0.39, 0.29) is 21.7 Å². The molecule has 0 heterocycles. The molecule has 0 fully saturated rings. The Hall–Kier alpha value is 2.29. The van der Waals surface area contributed by atoms with Gasteiger partial charge in [-0.05, 0) is 0 Å². The Kier molecular flexibility index (Phi) is 23.9. The van der Waals surface area contributed by atoms with E-state index in [0.29, 0.717) is 0 Å². The van der Waals surface area contributed by atoms with Crippen molar-refractivity contribution in [3.8, 4) is 0 Å². The molecule has 0 N–H and O–H groups in total. The summed E-state index contributed by atoms with van der Waals surface area (Å²) in [4.78, 5) is 0. The average Bonchev–Trinajstić information content (AvgIpc) is 2.19. The second-order valence-electron chi connectivity index (χ2n) is 17.8. The fourth-order valence-electron chi connectivity index (χ4n) is 4.02. The van der Waals surface area contributed by atoms with Gasteiger partial charge in [-0.25, -0.2) is 0 Å². The van der Waals surface area contributed by atoms with Gasteiger partial charge in [-0.15, -0.1) is 0 Å². The third kappa shape index (κ3) is 73.0. The smallest absolute Gasteiger partial charge is 0.668 e. The number of rotatable bonds is 8. The van der Waals surface area contributed by atoms with Crippen molar-refractivity contribution in [2.24, 2.45) is 0 Å². The van der Waals surface area contributed by atoms with Gasteiger partial charge in [-0.1, -0.05) is 223 Å². The van der Waals surface area contributed by atoms with E-state index in [0.717, 1.165) is 0 Å². The molecule has 4 nitrogen and oxygen atoms in total. The summed E-state index contributed by atoms with van der Waals surface area (Å²) in [5.41, 5.74) is 0. The van der Waals surface area contributed by atoms with Crippen LogP contribution in [0.1, 0.15) is 0 Å². The van der Waals surface area contributed by atoms with Crippen molar-refractivity contribution in [2.75, 3.05) is 0 Å². The molecule has 0 saturated carbocycles. The van der Waals surface area contributed by atoms with Gasteiger partial charge >= 0.3 is 21.7 Å². The topological polar surface area (TPSA) is 56.4 Å². The second kappa shape index (κ2) is 18.1. The minimum Gasteiger partial charge on any atom is -0.668 e. The number of hydrogen-bond donors (Lipinski definition) is 0. The van der Waals surface area contributed by atoms with Crippen LogP contribution in [0.3, 0.4) is 0 Å². The van der Waals surface area contributed by atoms with Crippen molar-refractivity contribution in [3.63, 3.8) is 0 Å². The molecular weight excluding hydrogens is 617 g/mol. The Bertz CT molecular complexity index is 415. The Morgan fingerprint density at radius 2 is 0.243 bits per heavy atom. The molecule has 224 valence electrons. The normalized spacial score (nSPS) is 13.6. The summed E-state index contributed by atoms with van der Waals surface area (Å²) in [6.45, 7) is 55.1. The molecule has 0 bridgehead atoms. The zero-order chi connectivity index (χ0) is 30.8. The van der Waals surface area contributed by atoms with E-state index in [9.17, 15) is 0 Å². The summed E-state index contributed by atoms with van der Waals surface area (Å²) in [7, 11) is -8.85. The molecule has 0 amide bonds. The first kappa shape index (κ1) is 49.0. The molecule has 37 heavy (non-hydrogen) atoms. The fourth-order valence-corrected chi connectivity index (χ4v) is 36.2. The van der Waals surface area contributed by atoms with Crippen molar-refractivity contribution in [1.29, 1.82) is 0 Å². The first-order valence-corrected chi connectivity index (χ1v) is 41.4. The monoisotopic (exact) mass is 688 g/mol. The molecule has 0 aromatic rings. The van der Waals surface area contributed by atoms with Gasteiger partial charge < -0.3 is 18.6 Å². The van der Waals surface area contributed by atoms with Gasteiger partial charge in [-0.2, -0.15) is 0 Å². The van der Waals surface area contributed by atoms with E-state index in [4.69, 9.17) is 18.6 Å². The van der Waals surface area contributed by atoms with Gasteiger partial charge in [0.05, 0.1) is 0 Å². The zero-order valence-corrected chi connectivity index (χ0v) is 39.9. The maximum Gasteiger partial charge on any atom is 4.00 e. The van der Waals surface area contributed by atoms with Gasteiger partial charge in [0.2, 0.25) is 0 Å². The molecular formula is C24H72N4Si8Ti. The van der Waals surface area contributed by atoms with E-state index in [1.165, 1.54) is 0 Å². The minimum atomic E-state index is -1.11. The minimum absolute atomic E-state index is 0. The molecule has 0 atom stereocenters. The van der Waals surface area contributed by atoms with Gasteiger partial charge in [0, 0.05) is 0 Å². The largest absolute Gasteiger partial charge is 4.00 e. The van der Waals surface area contributed by atoms with Crippen LogP contribution in [0.15, 0.2) is 0 Å². The third-order valence-electron chi connectivity index (χ3n) is 2.68. The van der Waals surface area contributed by atoms with Crippen LogP contribution in [0.4, 0.5) is 0 Å². The standard InChI is InChI=1S/4C6H18NSi2.Ti/c4*1-8(2,3)7-9(4,5)6;/h4*1-6H3;/q4*-1;+4. The summed E-state index contributed by atoms with van der Waals surface area (Å²) in [5, 5.41) is 0. The van der Waals surface area contributed by atoms with Gasteiger partial charge in [0.15, 0.2) is 0 Å². The molecule has 0 spiro atoms. The van der Waals surface area contributed by atoms with E-state index < -0.39 is 65.9 Å². The van der Waals surface area contributed by atoms with Crippen LogP contribution in [0.5, 0.6) is 0 Å². The average molecular weight is 689 g/mol. The summed E-state index contributed by atoms with van der Waals surface area (Å²) in [5.74, 6) is 0. The van der Waals surface area contributed by atoms with Crippen LogP contribution in [-0.4, -0.2) is 65.9 Å². The Morgan fingerprint density at radius 3 is 0.243 bits per heavy atom. The summed E-state index contributed by atoms with van der Waals surface area (Å²) >= 11 is 0. The maximum atomic E-state index is 4.82. The first-order valence-electron chi connectivity index (χ1n) is 13.8. The summed E-state index contributed by atoms with van der Waals surface area (Å²) in [6.07, 6.45) is 0. The molecule has 0 aliphatic carbocycles. The second-order valence-corrected chi connectivity index (χ2v) is 56.1. The predicted molar refractivity (Wildman–Crippen MR) is 200 cm³/mol. The Balaban J connectivity index is -0.000000122. The molecule has 0 aliphatic heterocycles. The molecule has 0 aromatic carbocycles. The SMILES string of the molecule is C[Si](C)(C)[N-][Si](C)(C)C.C[Si](C)(C)[N-][Si](C)(C)C.C[Si](C)(C)[N-][Si](C)(C)C.C[Si](C)(C)[N-][Si](C)(C)C.[Ti+4]. The first-order chi connectivity index (χ1) is 14.8. The van der Waals surface area contributed by atoms with Crippen molar-refractivity contribution in [2.45, 2.75) is 157 Å². The number of hydrogen-bond acceptors (Lipinski definition) is 0. The molecule has 0 saturated heterocycles. The zero-order valence-electron chi connectivity index (χ0n) is 30.3. The molecule has 0 unspecified atom stereocenters. The molecule has 0 aliphatic rings.